The maximum atomic E-state index is 11.1. The lowest BCUT2D eigenvalue weighted by atomic mass is 10.2. The average molecular weight is 200 g/mol. The molecule has 0 aliphatic heterocycles. The summed E-state index contributed by atoms with van der Waals surface area (Å²) >= 11 is 0. The zero-order valence-electron chi connectivity index (χ0n) is 8.46. The van der Waals surface area contributed by atoms with Crippen molar-refractivity contribution >= 4 is 12.0 Å². The Labute approximate surface area is 82.9 Å². The summed E-state index contributed by atoms with van der Waals surface area (Å²) < 4.78 is 0. The Hall–Kier alpha value is -1.26. The van der Waals surface area contributed by atoms with Crippen molar-refractivity contribution in [3.05, 3.63) is 0 Å². The van der Waals surface area contributed by atoms with E-state index in [1.165, 1.54) is 0 Å². The lowest BCUT2D eigenvalue weighted by molar-refractivity contribution is -0.136. The number of rotatable bonds is 4. The van der Waals surface area contributed by atoms with E-state index in [2.05, 4.69) is 24.5 Å². The number of amides is 2. The Bertz CT molecular complexity index is 250. The summed E-state index contributed by atoms with van der Waals surface area (Å²) in [5, 5.41) is 13.6. The number of nitrogens with one attached hydrogen (secondary N) is 2. The molecule has 1 aliphatic carbocycles. The number of hydrogen-bond acceptors (Lipinski definition) is 2. The zero-order valence-corrected chi connectivity index (χ0v) is 8.46. The maximum Gasteiger partial charge on any atom is 0.315 e. The van der Waals surface area contributed by atoms with Gasteiger partial charge in [-0.3, -0.25) is 4.79 Å². The number of carbonyl (C=O) groups is 2. The maximum absolute atomic E-state index is 11.1. The molecular formula is C9H16N2O3. The second kappa shape index (κ2) is 3.86. The van der Waals surface area contributed by atoms with Crippen LogP contribution in [-0.2, 0) is 4.79 Å². The Morgan fingerprint density at radius 3 is 2.50 bits per heavy atom. The summed E-state index contributed by atoms with van der Waals surface area (Å²) in [4.78, 5) is 21.3. The first-order chi connectivity index (χ1) is 6.42. The summed E-state index contributed by atoms with van der Waals surface area (Å²) in [5.41, 5.74) is 0.199. The first kappa shape index (κ1) is 10.8. The standard InChI is InChI=1S/C9H16N2O3/c1-9(2)5-6(9)11-8(14)10-4-3-7(12)13/h6H,3-5H2,1-2H3,(H,12,13)(H2,10,11,14). The van der Waals surface area contributed by atoms with E-state index in [-0.39, 0.29) is 30.5 Å². The van der Waals surface area contributed by atoms with E-state index in [0.29, 0.717) is 0 Å². The van der Waals surface area contributed by atoms with Gasteiger partial charge in [-0.1, -0.05) is 13.8 Å². The number of hydrogen-bond donors (Lipinski definition) is 3. The van der Waals surface area contributed by atoms with Crippen LogP contribution in [-0.4, -0.2) is 29.7 Å². The summed E-state index contributed by atoms with van der Waals surface area (Å²) in [5.74, 6) is -0.906. The van der Waals surface area contributed by atoms with E-state index >= 15 is 0 Å². The van der Waals surface area contributed by atoms with Crippen molar-refractivity contribution in [3.63, 3.8) is 0 Å². The fourth-order valence-corrected chi connectivity index (χ4v) is 1.21. The van der Waals surface area contributed by atoms with Gasteiger partial charge in [-0.25, -0.2) is 4.79 Å². The fourth-order valence-electron chi connectivity index (χ4n) is 1.21. The van der Waals surface area contributed by atoms with Crippen LogP contribution in [0.5, 0.6) is 0 Å². The van der Waals surface area contributed by atoms with Gasteiger partial charge in [0.25, 0.3) is 0 Å². The minimum atomic E-state index is -0.906. The topological polar surface area (TPSA) is 78.4 Å². The van der Waals surface area contributed by atoms with Crippen molar-refractivity contribution in [2.45, 2.75) is 32.7 Å². The highest BCUT2D eigenvalue weighted by molar-refractivity contribution is 5.75. The predicted octanol–water partition coefficient (Wildman–Crippen LogP) is 0.559. The van der Waals surface area contributed by atoms with E-state index in [0.717, 1.165) is 6.42 Å². The Kier molecular flexibility index (Phi) is 2.98. The molecule has 1 atom stereocenters. The second-order valence-electron chi connectivity index (χ2n) is 4.29. The summed E-state index contributed by atoms with van der Waals surface area (Å²) in [6.45, 7) is 4.33. The van der Waals surface area contributed by atoms with Gasteiger partial charge in [0.1, 0.15) is 0 Å². The highest BCUT2D eigenvalue weighted by Gasteiger charge is 2.46. The highest BCUT2D eigenvalue weighted by Crippen LogP contribution is 2.44. The van der Waals surface area contributed by atoms with Gasteiger partial charge in [0.2, 0.25) is 0 Å². The van der Waals surface area contributed by atoms with Gasteiger partial charge in [-0.15, -0.1) is 0 Å². The third-order valence-corrected chi connectivity index (χ3v) is 2.44. The molecule has 1 rings (SSSR count). The summed E-state index contributed by atoms with van der Waals surface area (Å²) in [6.07, 6.45) is 0.945. The van der Waals surface area contributed by atoms with Crippen LogP contribution in [0.3, 0.4) is 0 Å². The van der Waals surface area contributed by atoms with Gasteiger partial charge >= 0.3 is 12.0 Å². The lowest BCUT2D eigenvalue weighted by Gasteiger charge is -2.07. The SMILES string of the molecule is CC1(C)CC1NC(=O)NCCC(=O)O. The van der Waals surface area contributed by atoms with Crippen LogP contribution in [0.1, 0.15) is 26.7 Å². The van der Waals surface area contributed by atoms with Crippen LogP contribution >= 0.6 is 0 Å². The predicted molar refractivity (Wildman–Crippen MR) is 51.0 cm³/mol. The average Bonchev–Trinajstić information content (AvgIpc) is 2.57. The van der Waals surface area contributed by atoms with Gasteiger partial charge in [0.15, 0.2) is 0 Å². The largest absolute Gasteiger partial charge is 0.481 e. The van der Waals surface area contributed by atoms with Crippen molar-refractivity contribution in [1.82, 2.24) is 10.6 Å². The van der Waals surface area contributed by atoms with E-state index in [1.807, 2.05) is 0 Å². The van der Waals surface area contributed by atoms with E-state index < -0.39 is 5.97 Å². The molecule has 0 heterocycles. The molecule has 0 radical (unpaired) electrons. The Morgan fingerprint density at radius 1 is 1.50 bits per heavy atom. The van der Waals surface area contributed by atoms with Crippen LogP contribution in [0.25, 0.3) is 0 Å². The van der Waals surface area contributed by atoms with Gasteiger partial charge in [-0.2, -0.15) is 0 Å². The molecule has 14 heavy (non-hydrogen) atoms. The first-order valence-corrected chi connectivity index (χ1v) is 4.68. The van der Waals surface area contributed by atoms with Crippen molar-refractivity contribution in [2.75, 3.05) is 6.54 Å². The van der Waals surface area contributed by atoms with E-state index in [1.54, 1.807) is 0 Å². The normalized spacial score (nSPS) is 22.6. The van der Waals surface area contributed by atoms with Crippen molar-refractivity contribution in [2.24, 2.45) is 5.41 Å². The quantitative estimate of drug-likeness (QED) is 0.620. The van der Waals surface area contributed by atoms with E-state index in [4.69, 9.17) is 5.11 Å². The fraction of sp³-hybridized carbons (Fsp3) is 0.778. The van der Waals surface area contributed by atoms with Crippen LogP contribution in [0, 0.1) is 5.41 Å². The number of carboxylic acids is 1. The van der Waals surface area contributed by atoms with Gasteiger partial charge in [0.05, 0.1) is 6.42 Å². The van der Waals surface area contributed by atoms with Gasteiger partial charge in [-0.05, 0) is 11.8 Å². The highest BCUT2D eigenvalue weighted by atomic mass is 16.4. The minimum Gasteiger partial charge on any atom is -0.481 e. The summed E-state index contributed by atoms with van der Waals surface area (Å²) in [7, 11) is 0. The zero-order chi connectivity index (χ0) is 10.8. The van der Waals surface area contributed by atoms with Gasteiger partial charge < -0.3 is 15.7 Å². The molecular weight excluding hydrogens is 184 g/mol. The smallest absolute Gasteiger partial charge is 0.315 e. The molecule has 0 saturated heterocycles. The van der Waals surface area contributed by atoms with Crippen molar-refractivity contribution in [1.29, 1.82) is 0 Å². The van der Waals surface area contributed by atoms with Gasteiger partial charge in [0, 0.05) is 12.6 Å². The monoisotopic (exact) mass is 200 g/mol. The molecule has 1 fully saturated rings. The summed E-state index contributed by atoms with van der Waals surface area (Å²) in [6, 6.07) is -0.0471. The molecule has 1 aliphatic rings. The number of carbonyl (C=O) groups excluding carboxylic acids is 1. The molecule has 1 saturated carbocycles. The second-order valence-corrected chi connectivity index (χ2v) is 4.29. The molecule has 0 aromatic heterocycles. The number of urea groups is 1. The number of carboxylic acid groups (broad SMARTS) is 1. The van der Waals surface area contributed by atoms with E-state index in [9.17, 15) is 9.59 Å². The molecule has 80 valence electrons. The molecule has 5 nitrogen and oxygen atoms in total. The Morgan fingerprint density at radius 2 is 2.07 bits per heavy atom. The van der Waals surface area contributed by atoms with Crippen LogP contribution in [0.2, 0.25) is 0 Å². The molecule has 0 bridgehead atoms. The molecule has 0 aromatic carbocycles. The third-order valence-electron chi connectivity index (χ3n) is 2.44. The van der Waals surface area contributed by atoms with Crippen LogP contribution in [0.4, 0.5) is 4.79 Å². The van der Waals surface area contributed by atoms with Crippen molar-refractivity contribution in [3.8, 4) is 0 Å². The molecule has 0 spiro atoms. The molecule has 3 N–H and O–H groups in total. The molecule has 0 aromatic rings. The minimum absolute atomic E-state index is 0.0402. The lowest BCUT2D eigenvalue weighted by Crippen LogP contribution is -2.39. The Balaban J connectivity index is 2.09. The third kappa shape index (κ3) is 3.24. The number of aliphatic carboxylic acids is 1. The molecule has 5 heteroatoms. The van der Waals surface area contributed by atoms with Crippen LogP contribution in [0.15, 0.2) is 0 Å². The first-order valence-electron chi connectivity index (χ1n) is 4.68. The molecule has 2 amide bonds. The van der Waals surface area contributed by atoms with Crippen molar-refractivity contribution < 1.29 is 14.7 Å². The molecule has 1 unspecified atom stereocenters. The van der Waals surface area contributed by atoms with Crippen LogP contribution < -0.4 is 10.6 Å².